The quantitative estimate of drug-likeness (QED) is 0.404. The Labute approximate surface area is 83.2 Å². The maximum Gasteiger partial charge on any atom is 0.123 e. The molecule has 0 amide bonds. The molecule has 0 bridgehead atoms. The Hall–Kier alpha value is -1.59. The lowest BCUT2D eigenvalue weighted by molar-refractivity contribution is 0.199. The summed E-state index contributed by atoms with van der Waals surface area (Å²) in [5.74, 6) is 5.42. The highest BCUT2D eigenvalue weighted by molar-refractivity contribution is 5.33. The van der Waals surface area contributed by atoms with E-state index in [1.165, 1.54) is 12.1 Å². The van der Waals surface area contributed by atoms with Gasteiger partial charge in [-0.05, 0) is 24.3 Å². The number of ether oxygens (including phenoxy) is 1. The Morgan fingerprint density at radius 3 is 2.71 bits per heavy atom. The van der Waals surface area contributed by atoms with Crippen LogP contribution in [0.5, 0.6) is 0 Å². The van der Waals surface area contributed by atoms with Gasteiger partial charge in [-0.1, -0.05) is 17.9 Å². The Balaban J connectivity index is 2.43. The fourth-order valence-corrected chi connectivity index (χ4v) is 0.865. The third-order valence-corrected chi connectivity index (χ3v) is 1.49. The van der Waals surface area contributed by atoms with Gasteiger partial charge in [0.05, 0.1) is 6.61 Å². The Morgan fingerprint density at radius 1 is 1.36 bits per heavy atom. The van der Waals surface area contributed by atoms with Crippen LogP contribution in [-0.2, 0) is 4.74 Å². The second-order valence-electron chi connectivity index (χ2n) is 2.61. The van der Waals surface area contributed by atoms with Gasteiger partial charge in [0, 0.05) is 5.56 Å². The first-order valence-electron chi connectivity index (χ1n) is 4.26. The van der Waals surface area contributed by atoms with Crippen molar-refractivity contribution in [1.29, 1.82) is 0 Å². The van der Waals surface area contributed by atoms with Crippen LogP contribution in [-0.4, -0.2) is 13.2 Å². The average Bonchev–Trinajstić information content (AvgIpc) is 2.21. The van der Waals surface area contributed by atoms with Crippen LogP contribution in [0.25, 0.3) is 0 Å². The van der Waals surface area contributed by atoms with Crippen LogP contribution in [0.2, 0.25) is 0 Å². The maximum absolute atomic E-state index is 12.5. The van der Waals surface area contributed by atoms with Gasteiger partial charge in [0.2, 0.25) is 0 Å². The molecule has 72 valence electrons. The Morgan fingerprint density at radius 2 is 2.07 bits per heavy atom. The number of rotatable bonds is 3. The van der Waals surface area contributed by atoms with Gasteiger partial charge in [0.15, 0.2) is 0 Å². The minimum Gasteiger partial charge on any atom is -0.365 e. The first-order chi connectivity index (χ1) is 6.83. The smallest absolute Gasteiger partial charge is 0.123 e. The molecule has 0 unspecified atom stereocenters. The van der Waals surface area contributed by atoms with E-state index in [1.54, 1.807) is 18.2 Å². The predicted molar refractivity (Wildman–Crippen MR) is 54.3 cm³/mol. The molecule has 0 aliphatic heterocycles. The van der Waals surface area contributed by atoms with Crippen LogP contribution in [0, 0.1) is 17.7 Å². The predicted octanol–water partition coefficient (Wildman–Crippen LogP) is 2.38. The van der Waals surface area contributed by atoms with E-state index in [9.17, 15) is 4.39 Å². The lowest BCUT2D eigenvalue weighted by atomic mass is 10.2. The molecule has 1 nitrogen and oxygen atoms in total. The van der Waals surface area contributed by atoms with Crippen molar-refractivity contribution in [3.05, 3.63) is 48.3 Å². The topological polar surface area (TPSA) is 9.23 Å². The summed E-state index contributed by atoms with van der Waals surface area (Å²) < 4.78 is 17.6. The summed E-state index contributed by atoms with van der Waals surface area (Å²) in [5, 5.41) is 0. The minimum atomic E-state index is -0.251. The van der Waals surface area contributed by atoms with Crippen molar-refractivity contribution in [3.63, 3.8) is 0 Å². The summed E-state index contributed by atoms with van der Waals surface area (Å²) in [7, 11) is 0. The molecule has 0 fully saturated rings. The van der Waals surface area contributed by atoms with Crippen molar-refractivity contribution >= 4 is 0 Å². The normalized spacial score (nSPS) is 8.93. The molecule has 0 aromatic heterocycles. The van der Waals surface area contributed by atoms with Crippen molar-refractivity contribution in [3.8, 4) is 11.8 Å². The molecule has 0 saturated heterocycles. The third kappa shape index (κ3) is 3.88. The van der Waals surface area contributed by atoms with Crippen molar-refractivity contribution in [2.24, 2.45) is 0 Å². The maximum atomic E-state index is 12.5. The zero-order valence-electron chi connectivity index (χ0n) is 7.79. The van der Waals surface area contributed by atoms with Gasteiger partial charge < -0.3 is 4.74 Å². The molecular formula is C12H11FO. The fraction of sp³-hybridized carbons (Fsp3) is 0.167. The molecule has 0 heterocycles. The van der Waals surface area contributed by atoms with Crippen molar-refractivity contribution < 1.29 is 9.13 Å². The Kier molecular flexibility index (Phi) is 4.46. The summed E-state index contributed by atoms with van der Waals surface area (Å²) in [5.41, 5.74) is 0.786. The molecule has 1 rings (SSSR count). The monoisotopic (exact) mass is 190 g/mol. The van der Waals surface area contributed by atoms with Crippen LogP contribution in [0.1, 0.15) is 5.56 Å². The summed E-state index contributed by atoms with van der Waals surface area (Å²) in [6.07, 6.45) is 1.67. The largest absolute Gasteiger partial charge is 0.365 e. The van der Waals surface area contributed by atoms with E-state index >= 15 is 0 Å². The van der Waals surface area contributed by atoms with E-state index in [4.69, 9.17) is 4.74 Å². The third-order valence-electron chi connectivity index (χ3n) is 1.49. The second-order valence-corrected chi connectivity index (χ2v) is 2.61. The van der Waals surface area contributed by atoms with E-state index < -0.39 is 0 Å². The first-order valence-corrected chi connectivity index (χ1v) is 4.26. The molecule has 0 radical (unpaired) electrons. The minimum absolute atomic E-state index is 0.251. The van der Waals surface area contributed by atoms with Gasteiger partial charge in [-0.25, -0.2) is 4.39 Å². The first kappa shape index (κ1) is 10.5. The van der Waals surface area contributed by atoms with E-state index in [2.05, 4.69) is 18.4 Å². The summed E-state index contributed by atoms with van der Waals surface area (Å²) >= 11 is 0. The molecule has 0 aliphatic rings. The lowest BCUT2D eigenvalue weighted by Gasteiger charge is -1.91. The molecule has 1 aromatic carbocycles. The SMILES string of the molecule is C=CCOCC#Cc1ccc(F)cc1. The van der Waals surface area contributed by atoms with Crippen LogP contribution in [0.3, 0.4) is 0 Å². The molecule has 0 aliphatic carbocycles. The van der Waals surface area contributed by atoms with Crippen molar-refractivity contribution in [2.75, 3.05) is 13.2 Å². The highest BCUT2D eigenvalue weighted by Crippen LogP contribution is 2.00. The molecule has 0 N–H and O–H groups in total. The van der Waals surface area contributed by atoms with Gasteiger partial charge in [-0.2, -0.15) is 0 Å². The number of hydrogen-bond acceptors (Lipinski definition) is 1. The number of halogens is 1. The number of benzene rings is 1. The van der Waals surface area contributed by atoms with Crippen LogP contribution < -0.4 is 0 Å². The average molecular weight is 190 g/mol. The zero-order chi connectivity index (χ0) is 10.2. The second kappa shape index (κ2) is 5.95. The van der Waals surface area contributed by atoms with Crippen molar-refractivity contribution in [1.82, 2.24) is 0 Å². The molecule has 0 atom stereocenters. The molecule has 14 heavy (non-hydrogen) atoms. The van der Waals surface area contributed by atoms with E-state index in [-0.39, 0.29) is 5.82 Å². The van der Waals surface area contributed by atoms with Gasteiger partial charge in [-0.15, -0.1) is 6.58 Å². The highest BCUT2D eigenvalue weighted by atomic mass is 19.1. The number of hydrogen-bond donors (Lipinski definition) is 0. The van der Waals surface area contributed by atoms with E-state index in [1.807, 2.05) is 0 Å². The fourth-order valence-electron chi connectivity index (χ4n) is 0.865. The molecule has 2 heteroatoms. The standard InChI is InChI=1S/C12H11FO/c1-2-9-14-10-3-4-11-5-7-12(13)8-6-11/h2,5-8H,1,9-10H2. The van der Waals surface area contributed by atoms with E-state index in [0.29, 0.717) is 13.2 Å². The van der Waals surface area contributed by atoms with Crippen LogP contribution >= 0.6 is 0 Å². The molecular weight excluding hydrogens is 179 g/mol. The summed E-state index contributed by atoms with van der Waals surface area (Å²) in [4.78, 5) is 0. The van der Waals surface area contributed by atoms with Gasteiger partial charge in [0.25, 0.3) is 0 Å². The summed E-state index contributed by atoms with van der Waals surface area (Å²) in [6, 6.07) is 6.04. The van der Waals surface area contributed by atoms with E-state index in [0.717, 1.165) is 5.56 Å². The lowest BCUT2D eigenvalue weighted by Crippen LogP contribution is -1.89. The Bertz CT molecular complexity index is 343. The molecule has 1 aromatic rings. The zero-order valence-corrected chi connectivity index (χ0v) is 7.79. The van der Waals surface area contributed by atoms with Crippen LogP contribution in [0.4, 0.5) is 4.39 Å². The van der Waals surface area contributed by atoms with Crippen molar-refractivity contribution in [2.45, 2.75) is 0 Å². The van der Waals surface area contributed by atoms with Gasteiger partial charge in [-0.3, -0.25) is 0 Å². The highest BCUT2D eigenvalue weighted by Gasteiger charge is 1.87. The summed E-state index contributed by atoms with van der Waals surface area (Å²) in [6.45, 7) is 4.37. The van der Waals surface area contributed by atoms with Crippen LogP contribution in [0.15, 0.2) is 36.9 Å². The molecule has 0 saturated carbocycles. The molecule has 0 spiro atoms. The van der Waals surface area contributed by atoms with Gasteiger partial charge >= 0.3 is 0 Å². The van der Waals surface area contributed by atoms with Gasteiger partial charge in [0.1, 0.15) is 12.4 Å².